The lowest BCUT2D eigenvalue weighted by Gasteiger charge is -2.35. The van der Waals surface area contributed by atoms with Crippen LogP contribution in [-0.2, 0) is 35.6 Å². The summed E-state index contributed by atoms with van der Waals surface area (Å²) in [7, 11) is -1.23. The zero-order valence-corrected chi connectivity index (χ0v) is 25.7. The van der Waals surface area contributed by atoms with Gasteiger partial charge in [0.05, 0.1) is 30.4 Å². The quantitative estimate of drug-likeness (QED) is 0.258. The Morgan fingerprint density at radius 1 is 0.955 bits per heavy atom. The molecule has 244 valence electrons. The highest BCUT2D eigenvalue weighted by Gasteiger charge is 2.31. The number of piperidine rings is 1. The number of aromatic nitrogens is 2. The van der Waals surface area contributed by atoms with Gasteiger partial charge in [-0.25, -0.2) is 27.6 Å². The number of nitrogens with one attached hydrogen (secondary N) is 1. The molecule has 44 heavy (non-hydrogen) atoms. The summed E-state index contributed by atoms with van der Waals surface area (Å²) < 4.78 is 31.1. The Labute approximate surface area is 255 Å². The first-order valence-corrected chi connectivity index (χ1v) is 15.7. The number of aryl methyl sites for hydroxylation is 1. The third-order valence-electron chi connectivity index (χ3n) is 7.37. The van der Waals surface area contributed by atoms with E-state index >= 15 is 0 Å². The minimum Gasteiger partial charge on any atom is -0.497 e. The van der Waals surface area contributed by atoms with Gasteiger partial charge in [-0.05, 0) is 63.9 Å². The molecule has 16 heteroatoms. The highest BCUT2D eigenvalue weighted by atomic mass is 32.2. The highest BCUT2D eigenvalue weighted by Crippen LogP contribution is 2.28. The van der Waals surface area contributed by atoms with Crippen LogP contribution in [0.5, 0.6) is 5.75 Å². The lowest BCUT2D eigenvalue weighted by atomic mass is 10.0. The van der Waals surface area contributed by atoms with E-state index in [1.165, 1.54) is 30.4 Å². The number of carbonyl (C=O) groups is 4. The van der Waals surface area contributed by atoms with Crippen molar-refractivity contribution in [2.24, 2.45) is 0 Å². The molecule has 0 amide bonds. The summed E-state index contributed by atoms with van der Waals surface area (Å²) in [5.74, 6) is -5.94. The smallest absolute Gasteiger partial charge is 0.414 e. The third kappa shape index (κ3) is 10.9. The number of ether oxygens (including phenoxy) is 1. The molecule has 2 unspecified atom stereocenters. The standard InChI is InChI=1S/C24H36N4O3S.2C2H2O4/c1-18-23(19(2)28(26-18)21-11-14-32(29,30)17-21)15-25-16-24(27-12-5-4-6-13-27)20-7-9-22(31-3)10-8-20;2*3-1(4)2(5)6/h7-10,21,24-25H,4-6,11-17H2,1-3H3;2*(H,3,4)(H,5,6). The van der Waals surface area contributed by atoms with Crippen LogP contribution in [0, 0.1) is 13.8 Å². The van der Waals surface area contributed by atoms with Gasteiger partial charge in [-0.15, -0.1) is 0 Å². The molecule has 1 aromatic heterocycles. The molecular formula is C28H40N4O11S. The van der Waals surface area contributed by atoms with E-state index in [0.29, 0.717) is 12.5 Å². The maximum absolute atomic E-state index is 11.9. The number of likely N-dealkylation sites (tertiary alicyclic amines) is 1. The minimum atomic E-state index is -2.93. The van der Waals surface area contributed by atoms with Gasteiger partial charge in [-0.2, -0.15) is 5.10 Å². The Hall–Kier alpha value is -4.02. The lowest BCUT2D eigenvalue weighted by molar-refractivity contribution is -0.159. The second-order valence-electron chi connectivity index (χ2n) is 10.4. The Morgan fingerprint density at radius 3 is 1.95 bits per heavy atom. The molecule has 0 bridgehead atoms. The van der Waals surface area contributed by atoms with Crippen molar-refractivity contribution < 1.29 is 52.8 Å². The molecule has 0 radical (unpaired) electrons. The predicted molar refractivity (Wildman–Crippen MR) is 157 cm³/mol. The Morgan fingerprint density at radius 2 is 1.50 bits per heavy atom. The summed E-state index contributed by atoms with van der Waals surface area (Å²) in [4.78, 5) is 39.0. The van der Waals surface area contributed by atoms with Crippen molar-refractivity contribution >= 4 is 33.7 Å². The number of nitrogens with zero attached hydrogens (tertiary/aromatic N) is 3. The van der Waals surface area contributed by atoms with Crippen LogP contribution in [0.25, 0.3) is 0 Å². The zero-order valence-electron chi connectivity index (χ0n) is 24.9. The molecule has 4 rings (SSSR count). The normalized spacial score (nSPS) is 18.1. The molecule has 0 spiro atoms. The van der Waals surface area contributed by atoms with E-state index in [-0.39, 0.29) is 17.5 Å². The van der Waals surface area contributed by atoms with Gasteiger partial charge in [-0.3, -0.25) is 9.58 Å². The molecule has 2 atom stereocenters. The van der Waals surface area contributed by atoms with E-state index < -0.39 is 33.7 Å². The van der Waals surface area contributed by atoms with Crippen LogP contribution in [0.3, 0.4) is 0 Å². The van der Waals surface area contributed by atoms with Crippen molar-refractivity contribution in [3.63, 3.8) is 0 Å². The average Bonchev–Trinajstić information content (AvgIpc) is 3.49. The monoisotopic (exact) mass is 640 g/mol. The van der Waals surface area contributed by atoms with Crippen LogP contribution in [0.2, 0.25) is 0 Å². The molecule has 2 aliphatic heterocycles. The SMILES string of the molecule is COc1ccc(C(CNCc2c(C)nn(C3CCS(=O)(=O)C3)c2C)N2CCCCC2)cc1.O=C(O)C(=O)O.O=C(O)C(=O)O. The van der Waals surface area contributed by atoms with Crippen LogP contribution in [0.1, 0.15) is 60.3 Å². The first-order valence-electron chi connectivity index (χ1n) is 13.9. The largest absolute Gasteiger partial charge is 0.497 e. The average molecular weight is 641 g/mol. The maximum atomic E-state index is 11.9. The van der Waals surface area contributed by atoms with Crippen molar-refractivity contribution in [2.45, 2.75) is 58.2 Å². The number of sulfone groups is 1. The molecule has 0 aliphatic carbocycles. The van der Waals surface area contributed by atoms with E-state index in [2.05, 4.69) is 29.3 Å². The van der Waals surface area contributed by atoms with Crippen LogP contribution in [0.15, 0.2) is 24.3 Å². The summed E-state index contributed by atoms with van der Waals surface area (Å²) in [5.41, 5.74) is 4.55. The molecule has 3 heterocycles. The van der Waals surface area contributed by atoms with Crippen LogP contribution in [0.4, 0.5) is 0 Å². The number of rotatable bonds is 8. The minimum absolute atomic E-state index is 0.0344. The number of benzene rings is 1. The molecule has 2 fully saturated rings. The zero-order chi connectivity index (χ0) is 33.0. The van der Waals surface area contributed by atoms with Gasteiger partial charge >= 0.3 is 23.9 Å². The van der Waals surface area contributed by atoms with Gasteiger partial charge < -0.3 is 30.5 Å². The van der Waals surface area contributed by atoms with Crippen LogP contribution in [-0.4, -0.2) is 106 Å². The van der Waals surface area contributed by atoms with Crippen molar-refractivity contribution in [2.75, 3.05) is 38.2 Å². The summed E-state index contributed by atoms with van der Waals surface area (Å²) in [6.45, 7) is 7.93. The first-order chi connectivity index (χ1) is 20.7. The predicted octanol–water partition coefficient (Wildman–Crippen LogP) is 1.50. The van der Waals surface area contributed by atoms with Crippen LogP contribution < -0.4 is 10.1 Å². The van der Waals surface area contributed by atoms with Gasteiger partial charge in [-0.1, -0.05) is 18.6 Å². The first kappa shape index (κ1) is 36.2. The van der Waals surface area contributed by atoms with Gasteiger partial charge in [0.1, 0.15) is 5.75 Å². The maximum Gasteiger partial charge on any atom is 0.414 e. The molecule has 5 N–H and O–H groups in total. The number of hydrogen-bond acceptors (Lipinski definition) is 10. The molecule has 0 saturated carbocycles. The van der Waals surface area contributed by atoms with Gasteiger partial charge in [0, 0.05) is 30.4 Å². The number of aliphatic carboxylic acids is 4. The molecule has 1 aromatic carbocycles. The van der Waals surface area contributed by atoms with E-state index in [1.54, 1.807) is 7.11 Å². The summed E-state index contributed by atoms with van der Waals surface area (Å²) in [5, 5.41) is 38.0. The third-order valence-corrected chi connectivity index (χ3v) is 9.12. The van der Waals surface area contributed by atoms with Crippen molar-refractivity contribution in [1.82, 2.24) is 20.0 Å². The lowest BCUT2D eigenvalue weighted by Crippen LogP contribution is -2.39. The van der Waals surface area contributed by atoms with E-state index in [4.69, 9.17) is 49.4 Å². The molecule has 15 nitrogen and oxygen atoms in total. The Bertz CT molecular complexity index is 1350. The molecular weight excluding hydrogens is 600 g/mol. The van der Waals surface area contributed by atoms with Crippen molar-refractivity contribution in [1.29, 1.82) is 0 Å². The second kappa shape index (κ2) is 16.7. The van der Waals surface area contributed by atoms with Crippen molar-refractivity contribution in [3.8, 4) is 5.75 Å². The van der Waals surface area contributed by atoms with Gasteiger partial charge in [0.15, 0.2) is 9.84 Å². The summed E-state index contributed by atoms with van der Waals surface area (Å²) in [6, 6.07) is 8.72. The molecule has 2 aliphatic rings. The number of hydrogen-bond donors (Lipinski definition) is 5. The van der Waals surface area contributed by atoms with Gasteiger partial charge in [0.25, 0.3) is 0 Å². The summed E-state index contributed by atoms with van der Waals surface area (Å²) >= 11 is 0. The van der Waals surface area contributed by atoms with Gasteiger partial charge in [0.2, 0.25) is 0 Å². The van der Waals surface area contributed by atoms with Crippen molar-refractivity contribution in [3.05, 3.63) is 46.8 Å². The van der Waals surface area contributed by atoms with E-state index in [1.807, 2.05) is 23.7 Å². The van der Waals surface area contributed by atoms with E-state index in [0.717, 1.165) is 43.3 Å². The Balaban J connectivity index is 0.000000477. The second-order valence-corrected chi connectivity index (χ2v) is 12.6. The topological polar surface area (TPSA) is 226 Å². The highest BCUT2D eigenvalue weighted by molar-refractivity contribution is 7.91. The fourth-order valence-corrected chi connectivity index (χ4v) is 6.82. The van der Waals surface area contributed by atoms with E-state index in [9.17, 15) is 8.42 Å². The fourth-order valence-electron chi connectivity index (χ4n) is 5.12. The molecule has 2 aromatic rings. The Kier molecular flexibility index (Phi) is 13.8. The molecule has 2 saturated heterocycles. The summed E-state index contributed by atoms with van der Waals surface area (Å²) in [6.07, 6.45) is 4.48. The number of carboxylic acids is 4. The number of carboxylic acid groups (broad SMARTS) is 4. The van der Waals surface area contributed by atoms with Crippen LogP contribution >= 0.6 is 0 Å². The fraction of sp³-hybridized carbons (Fsp3) is 0.536. The number of methoxy groups -OCH3 is 1.